The molecule has 0 bridgehead atoms. The van der Waals surface area contributed by atoms with Gasteiger partial charge < -0.3 is 19.7 Å². The largest absolute Gasteiger partial charge is 0.489 e. The quantitative estimate of drug-likeness (QED) is 0.925. The highest BCUT2D eigenvalue weighted by Gasteiger charge is 2.27. The third kappa shape index (κ3) is 2.97. The number of nitrogens with one attached hydrogen (secondary N) is 1. The van der Waals surface area contributed by atoms with Crippen LogP contribution in [-0.2, 0) is 4.74 Å². The molecule has 0 spiro atoms. The van der Waals surface area contributed by atoms with Crippen LogP contribution in [0.5, 0.6) is 5.75 Å². The number of hydrogen-bond donors (Lipinski definition) is 1. The van der Waals surface area contributed by atoms with Crippen molar-refractivity contribution >= 4 is 11.6 Å². The van der Waals surface area contributed by atoms with Crippen LogP contribution >= 0.6 is 0 Å². The van der Waals surface area contributed by atoms with Crippen molar-refractivity contribution in [3.8, 4) is 5.75 Å². The van der Waals surface area contributed by atoms with Crippen LogP contribution in [0.3, 0.4) is 0 Å². The van der Waals surface area contributed by atoms with Gasteiger partial charge in [-0.1, -0.05) is 6.07 Å². The summed E-state index contributed by atoms with van der Waals surface area (Å²) in [5.74, 6) is 1.35. The number of benzene rings is 1. The zero-order valence-corrected chi connectivity index (χ0v) is 12.4. The average molecular weight is 290 g/mol. The van der Waals surface area contributed by atoms with E-state index >= 15 is 0 Å². The normalized spacial score (nSPS) is 18.6. The molecule has 5 nitrogen and oxygen atoms in total. The van der Waals surface area contributed by atoms with Crippen molar-refractivity contribution in [1.29, 1.82) is 0 Å². The van der Waals surface area contributed by atoms with Gasteiger partial charge in [0.1, 0.15) is 6.61 Å². The molecule has 2 heterocycles. The van der Waals surface area contributed by atoms with E-state index in [1.54, 1.807) is 7.11 Å². The van der Waals surface area contributed by atoms with Gasteiger partial charge in [-0.15, -0.1) is 0 Å². The number of hydrogen-bond acceptors (Lipinski definition) is 4. The second-order valence-electron chi connectivity index (χ2n) is 5.65. The van der Waals surface area contributed by atoms with E-state index in [-0.39, 0.29) is 5.91 Å². The lowest BCUT2D eigenvalue weighted by Gasteiger charge is -2.32. The maximum Gasteiger partial charge on any atom is 0.257 e. The number of para-hydroxylation sites is 1. The standard InChI is InChI=1S/C16H22N2O3/c1-20-11-12-5-8-18(9-6-12)16(19)13-3-2-4-14-15(13)21-10-7-17-14/h2-4,12,17H,5-11H2,1H3. The number of methoxy groups -OCH3 is 1. The monoisotopic (exact) mass is 290 g/mol. The molecule has 2 aliphatic heterocycles. The van der Waals surface area contributed by atoms with Gasteiger partial charge in [-0.2, -0.15) is 0 Å². The Kier molecular flexibility index (Phi) is 4.29. The summed E-state index contributed by atoms with van der Waals surface area (Å²) in [6.45, 7) is 3.77. The Morgan fingerprint density at radius 2 is 2.24 bits per heavy atom. The van der Waals surface area contributed by atoms with Crippen molar-refractivity contribution in [2.24, 2.45) is 5.92 Å². The molecular weight excluding hydrogens is 268 g/mol. The summed E-state index contributed by atoms with van der Waals surface area (Å²) in [7, 11) is 1.73. The van der Waals surface area contributed by atoms with Crippen LogP contribution in [0, 0.1) is 5.92 Å². The minimum Gasteiger partial charge on any atom is -0.489 e. The van der Waals surface area contributed by atoms with E-state index in [9.17, 15) is 4.79 Å². The molecule has 21 heavy (non-hydrogen) atoms. The number of rotatable bonds is 3. The Bertz CT molecular complexity index is 510. The van der Waals surface area contributed by atoms with Crippen LogP contribution in [0.1, 0.15) is 23.2 Å². The molecule has 5 heteroatoms. The first-order chi connectivity index (χ1) is 10.3. The molecule has 114 valence electrons. The maximum atomic E-state index is 12.7. The predicted molar refractivity (Wildman–Crippen MR) is 80.9 cm³/mol. The topological polar surface area (TPSA) is 50.8 Å². The number of piperidine rings is 1. The Labute approximate surface area is 125 Å². The molecule has 0 radical (unpaired) electrons. The molecule has 1 aromatic rings. The third-order valence-corrected chi connectivity index (χ3v) is 4.21. The predicted octanol–water partition coefficient (Wildman–Crippen LogP) is 1.99. The minimum atomic E-state index is 0.0754. The van der Waals surface area contributed by atoms with E-state index in [2.05, 4.69) is 5.32 Å². The fourth-order valence-corrected chi connectivity index (χ4v) is 3.05. The zero-order valence-electron chi connectivity index (χ0n) is 12.4. The summed E-state index contributed by atoms with van der Waals surface area (Å²) in [4.78, 5) is 14.7. The molecular formula is C16H22N2O3. The van der Waals surface area contributed by atoms with Gasteiger partial charge in [0.25, 0.3) is 5.91 Å². The molecule has 2 aliphatic rings. The van der Waals surface area contributed by atoms with Crippen molar-refractivity contribution in [2.45, 2.75) is 12.8 Å². The number of likely N-dealkylation sites (tertiary alicyclic amines) is 1. The van der Waals surface area contributed by atoms with Crippen LogP contribution in [0.4, 0.5) is 5.69 Å². The van der Waals surface area contributed by atoms with Gasteiger partial charge in [0.2, 0.25) is 0 Å². The second kappa shape index (κ2) is 6.35. The lowest BCUT2D eigenvalue weighted by molar-refractivity contribution is 0.0610. The molecule has 3 rings (SSSR count). The fourth-order valence-electron chi connectivity index (χ4n) is 3.05. The van der Waals surface area contributed by atoms with Gasteiger partial charge in [0.15, 0.2) is 5.75 Å². The molecule has 0 unspecified atom stereocenters. The van der Waals surface area contributed by atoms with Gasteiger partial charge in [0, 0.05) is 33.4 Å². The number of amides is 1. The first kappa shape index (κ1) is 14.2. The Hall–Kier alpha value is -1.75. The smallest absolute Gasteiger partial charge is 0.257 e. The summed E-state index contributed by atoms with van der Waals surface area (Å²) in [6.07, 6.45) is 2.02. The highest BCUT2D eigenvalue weighted by atomic mass is 16.5. The molecule has 1 aromatic carbocycles. The molecule has 0 aromatic heterocycles. The van der Waals surface area contributed by atoms with Crippen LogP contribution in [0.2, 0.25) is 0 Å². The van der Waals surface area contributed by atoms with Gasteiger partial charge >= 0.3 is 0 Å². The number of carbonyl (C=O) groups is 1. The number of fused-ring (bicyclic) bond motifs is 1. The molecule has 1 amide bonds. The molecule has 0 saturated carbocycles. The number of anilines is 1. The van der Waals surface area contributed by atoms with E-state index in [4.69, 9.17) is 9.47 Å². The van der Waals surface area contributed by atoms with Gasteiger partial charge in [-0.05, 0) is 30.9 Å². The Morgan fingerprint density at radius 1 is 1.43 bits per heavy atom. The SMILES string of the molecule is COCC1CCN(C(=O)c2cccc3c2OCCN3)CC1. The summed E-state index contributed by atoms with van der Waals surface area (Å²) in [5.41, 5.74) is 1.59. The number of nitrogens with zero attached hydrogens (tertiary/aromatic N) is 1. The van der Waals surface area contributed by atoms with Crippen molar-refractivity contribution in [3.05, 3.63) is 23.8 Å². The Morgan fingerprint density at radius 3 is 3.00 bits per heavy atom. The first-order valence-electron chi connectivity index (χ1n) is 7.57. The molecule has 1 saturated heterocycles. The number of ether oxygens (including phenoxy) is 2. The highest BCUT2D eigenvalue weighted by Crippen LogP contribution is 2.32. The summed E-state index contributed by atoms with van der Waals surface area (Å²) < 4.78 is 10.9. The highest BCUT2D eigenvalue weighted by molar-refractivity contribution is 5.99. The van der Waals surface area contributed by atoms with Crippen LogP contribution in [0.25, 0.3) is 0 Å². The first-order valence-corrected chi connectivity index (χ1v) is 7.57. The van der Waals surface area contributed by atoms with Gasteiger partial charge in [-0.25, -0.2) is 0 Å². The van der Waals surface area contributed by atoms with Crippen LogP contribution in [-0.4, -0.2) is 50.8 Å². The van der Waals surface area contributed by atoms with Crippen molar-refractivity contribution in [2.75, 3.05) is 45.3 Å². The number of carbonyl (C=O) groups excluding carboxylic acids is 1. The summed E-state index contributed by atoms with van der Waals surface area (Å²) in [5, 5.41) is 3.27. The van der Waals surface area contributed by atoms with Crippen molar-refractivity contribution in [3.63, 3.8) is 0 Å². The van der Waals surface area contributed by atoms with E-state index < -0.39 is 0 Å². The van der Waals surface area contributed by atoms with Crippen molar-refractivity contribution < 1.29 is 14.3 Å². The van der Waals surface area contributed by atoms with E-state index in [0.29, 0.717) is 23.8 Å². The van der Waals surface area contributed by atoms with Gasteiger partial charge in [0.05, 0.1) is 11.3 Å². The van der Waals surface area contributed by atoms with E-state index in [0.717, 1.165) is 44.8 Å². The van der Waals surface area contributed by atoms with Crippen LogP contribution in [0.15, 0.2) is 18.2 Å². The van der Waals surface area contributed by atoms with E-state index in [1.807, 2.05) is 23.1 Å². The Balaban J connectivity index is 1.72. The second-order valence-corrected chi connectivity index (χ2v) is 5.65. The zero-order chi connectivity index (χ0) is 14.7. The average Bonchev–Trinajstić information content (AvgIpc) is 2.55. The lowest BCUT2D eigenvalue weighted by atomic mass is 9.97. The summed E-state index contributed by atoms with van der Waals surface area (Å²) in [6, 6.07) is 5.72. The molecule has 0 atom stereocenters. The van der Waals surface area contributed by atoms with E-state index in [1.165, 1.54) is 0 Å². The third-order valence-electron chi connectivity index (χ3n) is 4.21. The molecule has 1 N–H and O–H groups in total. The van der Waals surface area contributed by atoms with Crippen molar-refractivity contribution in [1.82, 2.24) is 4.90 Å². The molecule has 0 aliphatic carbocycles. The molecule has 1 fully saturated rings. The van der Waals surface area contributed by atoms with Crippen LogP contribution < -0.4 is 10.1 Å². The maximum absolute atomic E-state index is 12.7. The lowest BCUT2D eigenvalue weighted by Crippen LogP contribution is -2.39. The fraction of sp³-hybridized carbons (Fsp3) is 0.562. The van der Waals surface area contributed by atoms with Gasteiger partial charge in [-0.3, -0.25) is 4.79 Å². The minimum absolute atomic E-state index is 0.0754. The summed E-state index contributed by atoms with van der Waals surface area (Å²) >= 11 is 0.